The van der Waals surface area contributed by atoms with E-state index in [2.05, 4.69) is 20.5 Å². The number of aromatic nitrogens is 4. The molecule has 9 nitrogen and oxygen atoms in total. The van der Waals surface area contributed by atoms with Crippen LogP contribution >= 0.6 is 11.8 Å². The van der Waals surface area contributed by atoms with Gasteiger partial charge in [0.25, 0.3) is 5.91 Å². The highest BCUT2D eigenvalue weighted by Gasteiger charge is 2.20. The summed E-state index contributed by atoms with van der Waals surface area (Å²) in [4.78, 5) is 16.9. The van der Waals surface area contributed by atoms with Gasteiger partial charge in [-0.15, -0.1) is 10.2 Å². The van der Waals surface area contributed by atoms with Crippen molar-refractivity contribution in [3.05, 3.63) is 102 Å². The molecule has 0 bridgehead atoms. The summed E-state index contributed by atoms with van der Waals surface area (Å²) in [7, 11) is 0. The van der Waals surface area contributed by atoms with Crippen molar-refractivity contribution in [2.24, 2.45) is 0 Å². The van der Waals surface area contributed by atoms with Crippen molar-refractivity contribution >= 4 is 17.7 Å². The monoisotopic (exact) mass is 529 g/mol. The molecule has 3 aromatic carbocycles. The number of hydrogen-bond donors (Lipinski definition) is 1. The van der Waals surface area contributed by atoms with Crippen LogP contribution in [0.1, 0.15) is 21.9 Å². The van der Waals surface area contributed by atoms with Crippen LogP contribution in [0.4, 0.5) is 4.39 Å². The topological polar surface area (TPSA) is 104 Å². The lowest BCUT2D eigenvalue weighted by molar-refractivity contribution is 0.0945. The Hall–Kier alpha value is -4.64. The predicted octanol–water partition coefficient (Wildman–Crippen LogP) is 5.01. The highest BCUT2D eigenvalue weighted by Crippen LogP contribution is 2.33. The van der Waals surface area contributed by atoms with Crippen LogP contribution in [0.5, 0.6) is 11.5 Å². The standard InChI is InChI=1S/C27H20FN5O4S/c28-19-8-4-5-9-21(19)33-25(18-6-2-1-3-7-18)31-32-27(33)38-15-24-30-20(14-35-24)26(34)29-13-17-10-11-22-23(12-17)37-16-36-22/h1-12,14H,13,15-16H2,(H,29,34). The highest BCUT2D eigenvalue weighted by molar-refractivity contribution is 7.98. The van der Waals surface area contributed by atoms with Crippen molar-refractivity contribution in [2.75, 3.05) is 6.79 Å². The average molecular weight is 530 g/mol. The van der Waals surface area contributed by atoms with Gasteiger partial charge in [0.1, 0.15) is 12.1 Å². The first kappa shape index (κ1) is 23.7. The summed E-state index contributed by atoms with van der Waals surface area (Å²) in [5, 5.41) is 11.9. The first-order chi connectivity index (χ1) is 18.7. The number of ether oxygens (including phenoxy) is 2. The molecule has 1 N–H and O–H groups in total. The molecule has 0 spiro atoms. The molecule has 2 aromatic heterocycles. The molecule has 0 saturated carbocycles. The number of benzene rings is 3. The van der Waals surface area contributed by atoms with Crippen molar-refractivity contribution in [2.45, 2.75) is 17.5 Å². The maximum absolute atomic E-state index is 14.8. The van der Waals surface area contributed by atoms with Crippen LogP contribution in [0.15, 0.2) is 88.6 Å². The zero-order valence-electron chi connectivity index (χ0n) is 19.8. The molecule has 0 fully saturated rings. The number of para-hydroxylation sites is 1. The quantitative estimate of drug-likeness (QED) is 0.280. The van der Waals surface area contributed by atoms with Crippen LogP contribution in [0.3, 0.4) is 0 Å². The largest absolute Gasteiger partial charge is 0.454 e. The van der Waals surface area contributed by atoms with E-state index in [0.29, 0.717) is 40.6 Å². The Morgan fingerprint density at radius 1 is 1.00 bits per heavy atom. The summed E-state index contributed by atoms with van der Waals surface area (Å²) in [5.74, 6) is 1.65. The molecule has 3 heterocycles. The average Bonchev–Trinajstić information content (AvgIpc) is 3.71. The molecule has 1 amide bonds. The van der Waals surface area contributed by atoms with Gasteiger partial charge < -0.3 is 19.2 Å². The minimum absolute atomic E-state index is 0.155. The number of amides is 1. The Labute approximate surface area is 220 Å². The maximum atomic E-state index is 14.8. The molecule has 1 aliphatic heterocycles. The van der Waals surface area contributed by atoms with Gasteiger partial charge >= 0.3 is 0 Å². The molecule has 5 aromatic rings. The highest BCUT2D eigenvalue weighted by atomic mass is 32.2. The van der Waals surface area contributed by atoms with E-state index in [9.17, 15) is 9.18 Å². The lowest BCUT2D eigenvalue weighted by Crippen LogP contribution is -2.23. The number of thioether (sulfide) groups is 1. The molecule has 0 aliphatic carbocycles. The lowest BCUT2D eigenvalue weighted by Gasteiger charge is -2.10. The second-order valence-corrected chi connectivity index (χ2v) is 9.19. The van der Waals surface area contributed by atoms with Crippen molar-refractivity contribution < 1.29 is 23.1 Å². The van der Waals surface area contributed by atoms with Gasteiger partial charge in [-0.1, -0.05) is 60.3 Å². The van der Waals surface area contributed by atoms with Crippen LogP contribution in [-0.4, -0.2) is 32.4 Å². The lowest BCUT2D eigenvalue weighted by atomic mass is 10.2. The van der Waals surface area contributed by atoms with Gasteiger partial charge in [0.05, 0.1) is 11.4 Å². The van der Waals surface area contributed by atoms with Crippen molar-refractivity contribution in [1.82, 2.24) is 25.1 Å². The fourth-order valence-electron chi connectivity index (χ4n) is 3.92. The Balaban J connectivity index is 1.16. The Bertz CT molecular complexity index is 1600. The van der Waals surface area contributed by atoms with Gasteiger partial charge in [0.15, 0.2) is 28.2 Å². The normalized spacial score (nSPS) is 12.0. The molecule has 11 heteroatoms. The maximum Gasteiger partial charge on any atom is 0.273 e. The van der Waals surface area contributed by atoms with Gasteiger partial charge in [-0.05, 0) is 29.8 Å². The smallest absolute Gasteiger partial charge is 0.273 e. The molecule has 0 radical (unpaired) electrons. The first-order valence-corrected chi connectivity index (χ1v) is 12.6. The van der Waals surface area contributed by atoms with E-state index in [1.165, 1.54) is 24.1 Å². The van der Waals surface area contributed by atoms with Crippen molar-refractivity contribution in [3.8, 4) is 28.6 Å². The molecular weight excluding hydrogens is 509 g/mol. The number of carbonyl (C=O) groups is 1. The van der Waals surface area contributed by atoms with Gasteiger partial charge in [0, 0.05) is 12.1 Å². The summed E-state index contributed by atoms with van der Waals surface area (Å²) < 4.78 is 32.6. The zero-order valence-corrected chi connectivity index (χ0v) is 20.7. The molecule has 0 saturated heterocycles. The molecule has 0 unspecified atom stereocenters. The number of fused-ring (bicyclic) bond motifs is 1. The second kappa shape index (κ2) is 10.4. The number of oxazole rings is 1. The van der Waals surface area contributed by atoms with E-state index >= 15 is 0 Å². The predicted molar refractivity (Wildman–Crippen MR) is 137 cm³/mol. The van der Waals surface area contributed by atoms with Crippen LogP contribution in [-0.2, 0) is 12.3 Å². The van der Waals surface area contributed by atoms with Gasteiger partial charge in [-0.25, -0.2) is 9.37 Å². The first-order valence-electron chi connectivity index (χ1n) is 11.7. The molecule has 38 heavy (non-hydrogen) atoms. The van der Waals surface area contributed by atoms with E-state index in [1.807, 2.05) is 42.5 Å². The number of nitrogens with zero attached hydrogens (tertiary/aromatic N) is 4. The van der Waals surface area contributed by atoms with E-state index in [1.54, 1.807) is 28.8 Å². The molecule has 1 aliphatic rings. The fraction of sp³-hybridized carbons (Fsp3) is 0.111. The van der Waals surface area contributed by atoms with Gasteiger partial charge in [-0.3, -0.25) is 9.36 Å². The summed E-state index contributed by atoms with van der Waals surface area (Å²) in [6, 6.07) is 21.4. The van der Waals surface area contributed by atoms with Crippen LogP contribution in [0.25, 0.3) is 17.1 Å². The number of rotatable bonds is 8. The zero-order chi connectivity index (χ0) is 25.9. The number of hydrogen-bond acceptors (Lipinski definition) is 8. The molecule has 190 valence electrons. The third-order valence-corrected chi connectivity index (χ3v) is 6.67. The van der Waals surface area contributed by atoms with Crippen LogP contribution < -0.4 is 14.8 Å². The summed E-state index contributed by atoms with van der Waals surface area (Å²) >= 11 is 1.27. The van der Waals surface area contributed by atoms with Crippen molar-refractivity contribution in [1.29, 1.82) is 0 Å². The SMILES string of the molecule is O=C(NCc1ccc2c(c1)OCO2)c1coc(CSc2nnc(-c3ccccc3)n2-c2ccccc2F)n1. The number of halogens is 1. The minimum Gasteiger partial charge on any atom is -0.454 e. The summed E-state index contributed by atoms with van der Waals surface area (Å²) in [5.41, 5.74) is 2.15. The number of carbonyl (C=O) groups excluding carboxylic acids is 1. The van der Waals surface area contributed by atoms with E-state index in [4.69, 9.17) is 13.9 Å². The Morgan fingerprint density at radius 3 is 2.68 bits per heavy atom. The Morgan fingerprint density at radius 2 is 1.82 bits per heavy atom. The third kappa shape index (κ3) is 4.83. The van der Waals surface area contributed by atoms with E-state index < -0.39 is 5.82 Å². The number of nitrogens with one attached hydrogen (secondary N) is 1. The van der Waals surface area contributed by atoms with Crippen LogP contribution in [0, 0.1) is 5.82 Å². The van der Waals surface area contributed by atoms with E-state index in [-0.39, 0.29) is 24.1 Å². The third-order valence-electron chi connectivity index (χ3n) is 5.76. The van der Waals surface area contributed by atoms with Crippen LogP contribution in [0.2, 0.25) is 0 Å². The van der Waals surface area contributed by atoms with Gasteiger partial charge in [-0.2, -0.15) is 0 Å². The summed E-state index contributed by atoms with van der Waals surface area (Å²) in [6.45, 7) is 0.482. The molecular formula is C27H20FN5O4S. The molecule has 6 rings (SSSR count). The Kier molecular flexibility index (Phi) is 6.49. The molecule has 0 atom stereocenters. The van der Waals surface area contributed by atoms with Crippen molar-refractivity contribution in [3.63, 3.8) is 0 Å². The minimum atomic E-state index is -0.399. The second-order valence-electron chi connectivity index (χ2n) is 8.24. The van der Waals surface area contributed by atoms with E-state index in [0.717, 1.165) is 11.1 Å². The summed E-state index contributed by atoms with van der Waals surface area (Å²) in [6.07, 6.45) is 1.31. The fourth-order valence-corrected chi connectivity index (χ4v) is 4.72. The van der Waals surface area contributed by atoms with Gasteiger partial charge in [0.2, 0.25) is 12.7 Å².